The lowest BCUT2D eigenvalue weighted by Gasteiger charge is -2.13. The molecule has 0 unspecified atom stereocenters. The van der Waals surface area contributed by atoms with E-state index in [0.29, 0.717) is 0 Å². The summed E-state index contributed by atoms with van der Waals surface area (Å²) < 4.78 is 6.23. The van der Waals surface area contributed by atoms with E-state index in [2.05, 4.69) is 69.8 Å². The number of hydrogen-bond donors (Lipinski definition) is 0. The minimum Gasteiger partial charge on any atom is -0.456 e. The molecule has 0 spiro atoms. The van der Waals surface area contributed by atoms with Gasteiger partial charge in [-0.2, -0.15) is 0 Å². The van der Waals surface area contributed by atoms with E-state index in [1.807, 2.05) is 12.2 Å². The summed E-state index contributed by atoms with van der Waals surface area (Å²) in [6, 6.07) is 12.6. The summed E-state index contributed by atoms with van der Waals surface area (Å²) in [5.74, 6) is 0. The lowest BCUT2D eigenvalue weighted by molar-refractivity contribution is 0.428. The molecule has 3 aromatic rings. The maximum atomic E-state index is 6.23. The van der Waals surface area contributed by atoms with Crippen molar-refractivity contribution in [2.45, 2.75) is 27.2 Å². The Morgan fingerprint density at radius 2 is 1.82 bits per heavy atom. The summed E-state index contributed by atoms with van der Waals surface area (Å²) in [5.41, 5.74) is 2.15. The molecule has 1 heterocycles. The van der Waals surface area contributed by atoms with Crippen LogP contribution in [0.3, 0.4) is 0 Å². The van der Waals surface area contributed by atoms with Crippen LogP contribution in [0.15, 0.2) is 53.5 Å². The fraction of sp³-hybridized carbons (Fsp3) is 0.238. The summed E-state index contributed by atoms with van der Waals surface area (Å²) in [7, 11) is 0. The Kier molecular flexibility index (Phi) is 3.66. The van der Waals surface area contributed by atoms with Crippen LogP contribution in [-0.4, -0.2) is 0 Å². The Morgan fingerprint density at radius 1 is 1.05 bits per heavy atom. The average molecular weight is 290 g/mol. The van der Waals surface area contributed by atoms with Gasteiger partial charge in [-0.25, -0.2) is 0 Å². The van der Waals surface area contributed by atoms with Gasteiger partial charge in [0.1, 0.15) is 11.0 Å². The zero-order chi connectivity index (χ0) is 15.7. The fourth-order valence-corrected chi connectivity index (χ4v) is 2.70. The molecule has 22 heavy (non-hydrogen) atoms. The van der Waals surface area contributed by atoms with Gasteiger partial charge in [-0.15, -0.1) is 0 Å². The van der Waals surface area contributed by atoms with Crippen molar-refractivity contribution in [3.05, 3.63) is 59.7 Å². The molecule has 0 aliphatic carbocycles. The summed E-state index contributed by atoms with van der Waals surface area (Å²) in [4.78, 5) is 0. The highest BCUT2D eigenvalue weighted by atomic mass is 16.3. The van der Waals surface area contributed by atoms with E-state index in [4.69, 9.17) is 4.42 Å². The maximum Gasteiger partial charge on any atom is 0.143 e. The van der Waals surface area contributed by atoms with Gasteiger partial charge in [0.2, 0.25) is 0 Å². The Morgan fingerprint density at radius 3 is 2.55 bits per heavy atom. The largest absolute Gasteiger partial charge is 0.456 e. The highest BCUT2D eigenvalue weighted by Crippen LogP contribution is 2.23. The van der Waals surface area contributed by atoms with Crippen LogP contribution in [0, 0.1) is 5.41 Å². The molecular weight excluding hydrogens is 268 g/mol. The number of furan rings is 1. The second-order valence-electron chi connectivity index (χ2n) is 6.91. The average Bonchev–Trinajstić information content (AvgIpc) is 2.83. The van der Waals surface area contributed by atoms with Gasteiger partial charge in [0, 0.05) is 16.0 Å². The molecule has 2 aromatic carbocycles. The molecule has 0 aliphatic rings. The van der Waals surface area contributed by atoms with Gasteiger partial charge in [-0.1, -0.05) is 69.8 Å². The topological polar surface area (TPSA) is 13.1 Å². The van der Waals surface area contributed by atoms with Gasteiger partial charge in [-0.05, 0) is 29.4 Å². The van der Waals surface area contributed by atoms with E-state index < -0.39 is 0 Å². The SMILES string of the molecule is C=C/C=c1\c(=C/CC(C)(C)C)oc2c1ccc1ccccc12. The van der Waals surface area contributed by atoms with Crippen molar-refractivity contribution in [1.82, 2.24) is 0 Å². The van der Waals surface area contributed by atoms with Crippen LogP contribution >= 0.6 is 0 Å². The third kappa shape index (κ3) is 2.71. The highest BCUT2D eigenvalue weighted by Gasteiger charge is 2.10. The normalized spacial score (nSPS) is 14.1. The van der Waals surface area contributed by atoms with Crippen LogP contribution in [0.25, 0.3) is 33.9 Å². The van der Waals surface area contributed by atoms with E-state index in [9.17, 15) is 0 Å². The molecule has 0 bridgehead atoms. The molecule has 1 heteroatoms. The molecule has 112 valence electrons. The van der Waals surface area contributed by atoms with Gasteiger partial charge in [-0.3, -0.25) is 0 Å². The van der Waals surface area contributed by atoms with E-state index in [1.165, 1.54) is 5.39 Å². The number of allylic oxidation sites excluding steroid dienone is 1. The van der Waals surface area contributed by atoms with Crippen LogP contribution in [0.1, 0.15) is 27.2 Å². The molecule has 0 radical (unpaired) electrons. The second kappa shape index (κ2) is 5.49. The first-order chi connectivity index (χ1) is 10.5. The summed E-state index contributed by atoms with van der Waals surface area (Å²) in [5, 5.41) is 4.64. The molecule has 1 aromatic heterocycles. The molecule has 0 atom stereocenters. The molecule has 0 amide bonds. The van der Waals surface area contributed by atoms with Gasteiger partial charge >= 0.3 is 0 Å². The van der Waals surface area contributed by atoms with Crippen molar-refractivity contribution in [2.75, 3.05) is 0 Å². The minimum atomic E-state index is 0.243. The van der Waals surface area contributed by atoms with Crippen molar-refractivity contribution >= 4 is 33.9 Å². The van der Waals surface area contributed by atoms with Crippen molar-refractivity contribution in [3.8, 4) is 0 Å². The molecule has 1 nitrogen and oxygen atoms in total. The number of rotatable bonds is 2. The summed E-state index contributed by atoms with van der Waals surface area (Å²) in [6.45, 7) is 10.5. The zero-order valence-electron chi connectivity index (χ0n) is 13.5. The third-order valence-corrected chi connectivity index (χ3v) is 3.83. The van der Waals surface area contributed by atoms with Gasteiger partial charge in [0.05, 0.1) is 0 Å². The van der Waals surface area contributed by atoms with Crippen LogP contribution in [0.5, 0.6) is 0 Å². The van der Waals surface area contributed by atoms with Crippen LogP contribution in [0.4, 0.5) is 0 Å². The first kappa shape index (κ1) is 14.6. The van der Waals surface area contributed by atoms with Crippen molar-refractivity contribution in [3.63, 3.8) is 0 Å². The number of fused-ring (bicyclic) bond motifs is 3. The Labute approximate surface area is 131 Å². The van der Waals surface area contributed by atoms with Gasteiger partial charge < -0.3 is 4.42 Å². The summed E-state index contributed by atoms with van der Waals surface area (Å²) >= 11 is 0. The minimum absolute atomic E-state index is 0.243. The summed E-state index contributed by atoms with van der Waals surface area (Å²) in [6.07, 6.45) is 7.04. The van der Waals surface area contributed by atoms with Crippen molar-refractivity contribution in [2.24, 2.45) is 5.41 Å². The number of benzene rings is 2. The van der Waals surface area contributed by atoms with Crippen molar-refractivity contribution < 1.29 is 4.42 Å². The van der Waals surface area contributed by atoms with Gasteiger partial charge in [0.25, 0.3) is 0 Å². The van der Waals surface area contributed by atoms with E-state index in [-0.39, 0.29) is 5.41 Å². The zero-order valence-corrected chi connectivity index (χ0v) is 13.5. The molecule has 0 N–H and O–H groups in total. The highest BCUT2D eigenvalue weighted by molar-refractivity contribution is 6.04. The first-order valence-electron chi connectivity index (χ1n) is 7.73. The van der Waals surface area contributed by atoms with Crippen LogP contribution in [-0.2, 0) is 0 Å². The predicted octanol–water partition coefficient (Wildman–Crippen LogP) is 4.77. The first-order valence-corrected chi connectivity index (χ1v) is 7.73. The van der Waals surface area contributed by atoms with Crippen molar-refractivity contribution in [1.29, 1.82) is 0 Å². The smallest absolute Gasteiger partial charge is 0.143 e. The van der Waals surface area contributed by atoms with E-state index in [1.54, 1.807) is 0 Å². The lowest BCUT2D eigenvalue weighted by Crippen LogP contribution is -2.20. The standard InChI is InChI=1S/C21H22O/c1-5-8-17-18-12-11-15-9-6-7-10-16(15)20(18)22-19(17)13-14-21(2,3)4/h5-13H,1,14H2,2-4H3/b17-8-,19-13+. The molecule has 0 fully saturated rings. The van der Waals surface area contributed by atoms with Crippen LogP contribution < -0.4 is 10.6 Å². The lowest BCUT2D eigenvalue weighted by atomic mass is 9.92. The monoisotopic (exact) mass is 290 g/mol. The maximum absolute atomic E-state index is 6.23. The molecule has 0 saturated carbocycles. The Bertz CT molecular complexity index is 949. The Balaban J connectivity index is 2.38. The Hall–Kier alpha value is -2.28. The van der Waals surface area contributed by atoms with Crippen LogP contribution in [0.2, 0.25) is 0 Å². The number of hydrogen-bond acceptors (Lipinski definition) is 1. The fourth-order valence-electron chi connectivity index (χ4n) is 2.70. The van der Waals surface area contributed by atoms with E-state index >= 15 is 0 Å². The third-order valence-electron chi connectivity index (χ3n) is 3.83. The molecular formula is C21H22O. The molecule has 0 aliphatic heterocycles. The molecule has 0 saturated heterocycles. The second-order valence-corrected chi connectivity index (χ2v) is 6.91. The quantitative estimate of drug-likeness (QED) is 0.662. The van der Waals surface area contributed by atoms with Gasteiger partial charge in [0.15, 0.2) is 0 Å². The predicted molar refractivity (Wildman–Crippen MR) is 96.2 cm³/mol. The molecule has 3 rings (SSSR count). The van der Waals surface area contributed by atoms with E-state index in [0.717, 1.165) is 33.4 Å².